The minimum atomic E-state index is 0.0163. The van der Waals surface area contributed by atoms with Gasteiger partial charge in [-0.05, 0) is 55.5 Å². The lowest BCUT2D eigenvalue weighted by molar-refractivity contribution is -0.134. The SMILES string of the molecule is COc1ccccc1OCC(=O)N1CCCC(c2cc3cc(C)ccc3[nH]2)C1. The summed E-state index contributed by atoms with van der Waals surface area (Å²) >= 11 is 0. The Bertz CT molecular complexity index is 979. The molecule has 0 radical (unpaired) electrons. The molecule has 1 N–H and O–H groups in total. The molecule has 5 nitrogen and oxygen atoms in total. The Hall–Kier alpha value is -2.95. The molecule has 146 valence electrons. The molecule has 2 heterocycles. The zero-order chi connectivity index (χ0) is 19.5. The van der Waals surface area contributed by atoms with Gasteiger partial charge in [-0.2, -0.15) is 0 Å². The number of carbonyl (C=O) groups is 1. The zero-order valence-corrected chi connectivity index (χ0v) is 16.4. The molecule has 28 heavy (non-hydrogen) atoms. The number of piperidine rings is 1. The Labute approximate surface area is 165 Å². The van der Waals surface area contributed by atoms with Crippen LogP contribution in [0.5, 0.6) is 11.5 Å². The minimum Gasteiger partial charge on any atom is -0.493 e. The highest BCUT2D eigenvalue weighted by atomic mass is 16.5. The summed E-state index contributed by atoms with van der Waals surface area (Å²) in [6.45, 7) is 3.64. The molecule has 1 aliphatic heterocycles. The molecule has 0 aliphatic carbocycles. The highest BCUT2D eigenvalue weighted by Gasteiger charge is 2.26. The number of hydrogen-bond acceptors (Lipinski definition) is 3. The van der Waals surface area contributed by atoms with E-state index in [2.05, 4.69) is 36.2 Å². The van der Waals surface area contributed by atoms with Crippen LogP contribution >= 0.6 is 0 Å². The van der Waals surface area contributed by atoms with Crippen LogP contribution in [0.2, 0.25) is 0 Å². The van der Waals surface area contributed by atoms with Crippen LogP contribution in [0.1, 0.15) is 30.0 Å². The highest BCUT2D eigenvalue weighted by Crippen LogP contribution is 2.30. The molecule has 1 saturated heterocycles. The first-order valence-electron chi connectivity index (χ1n) is 9.77. The molecule has 1 unspecified atom stereocenters. The van der Waals surface area contributed by atoms with Crippen molar-refractivity contribution in [2.75, 3.05) is 26.8 Å². The van der Waals surface area contributed by atoms with Crippen LogP contribution in [0.4, 0.5) is 0 Å². The molecule has 3 aromatic rings. The predicted molar refractivity (Wildman–Crippen MR) is 110 cm³/mol. The number of amides is 1. The lowest BCUT2D eigenvalue weighted by atomic mass is 9.94. The molecule has 0 saturated carbocycles. The number of rotatable bonds is 5. The Morgan fingerprint density at radius 3 is 2.82 bits per heavy atom. The van der Waals surface area contributed by atoms with Gasteiger partial charge in [0.05, 0.1) is 7.11 Å². The number of hydrogen-bond donors (Lipinski definition) is 1. The highest BCUT2D eigenvalue weighted by molar-refractivity contribution is 5.81. The number of methoxy groups -OCH3 is 1. The lowest BCUT2D eigenvalue weighted by Crippen LogP contribution is -2.41. The smallest absolute Gasteiger partial charge is 0.260 e. The van der Waals surface area contributed by atoms with Crippen molar-refractivity contribution >= 4 is 16.8 Å². The Kier molecular flexibility index (Phi) is 5.24. The van der Waals surface area contributed by atoms with Crippen LogP contribution < -0.4 is 9.47 Å². The van der Waals surface area contributed by atoms with Crippen molar-refractivity contribution in [3.8, 4) is 11.5 Å². The number of benzene rings is 2. The number of likely N-dealkylation sites (tertiary alicyclic amines) is 1. The maximum Gasteiger partial charge on any atom is 0.260 e. The molecule has 2 aromatic carbocycles. The first-order chi connectivity index (χ1) is 13.6. The molecular weight excluding hydrogens is 352 g/mol. The number of carbonyl (C=O) groups excluding carboxylic acids is 1. The van der Waals surface area contributed by atoms with E-state index in [-0.39, 0.29) is 12.5 Å². The molecule has 4 rings (SSSR count). The van der Waals surface area contributed by atoms with Crippen molar-refractivity contribution in [2.24, 2.45) is 0 Å². The summed E-state index contributed by atoms with van der Waals surface area (Å²) in [5.74, 6) is 1.58. The van der Waals surface area contributed by atoms with E-state index in [9.17, 15) is 4.79 Å². The molecule has 1 aliphatic rings. The topological polar surface area (TPSA) is 54.6 Å². The molecule has 0 bridgehead atoms. The maximum absolute atomic E-state index is 12.7. The molecule has 1 aromatic heterocycles. The van der Waals surface area contributed by atoms with Crippen LogP contribution in [-0.4, -0.2) is 42.6 Å². The molecule has 5 heteroatoms. The normalized spacial score (nSPS) is 16.9. The van der Waals surface area contributed by atoms with Crippen molar-refractivity contribution in [1.29, 1.82) is 0 Å². The van der Waals surface area contributed by atoms with E-state index in [1.165, 1.54) is 16.6 Å². The third-order valence-corrected chi connectivity index (χ3v) is 5.43. The van der Waals surface area contributed by atoms with Gasteiger partial charge in [-0.25, -0.2) is 0 Å². The second-order valence-corrected chi connectivity index (χ2v) is 7.43. The second-order valence-electron chi connectivity index (χ2n) is 7.43. The number of H-pyrrole nitrogens is 1. The average molecular weight is 378 g/mol. The standard InChI is InChI=1S/C23H26N2O3/c1-16-9-10-19-18(12-16)13-20(24-19)17-6-5-11-25(14-17)23(26)15-28-22-8-4-3-7-21(22)27-2/h3-4,7-10,12-13,17,24H,5-6,11,14-15H2,1-2H3. The fourth-order valence-electron chi connectivity index (χ4n) is 3.92. The summed E-state index contributed by atoms with van der Waals surface area (Å²) in [5.41, 5.74) is 3.62. The van der Waals surface area contributed by atoms with Gasteiger partial charge in [0.15, 0.2) is 18.1 Å². The first-order valence-corrected chi connectivity index (χ1v) is 9.77. The summed E-state index contributed by atoms with van der Waals surface area (Å²) in [7, 11) is 1.60. The zero-order valence-electron chi connectivity index (χ0n) is 16.4. The van der Waals surface area contributed by atoms with E-state index < -0.39 is 0 Å². The van der Waals surface area contributed by atoms with Gasteiger partial charge in [0.25, 0.3) is 5.91 Å². The Morgan fingerprint density at radius 2 is 2.00 bits per heavy atom. The van der Waals surface area contributed by atoms with Gasteiger partial charge in [0.1, 0.15) is 0 Å². The number of aromatic nitrogens is 1. The quantitative estimate of drug-likeness (QED) is 0.721. The minimum absolute atomic E-state index is 0.0163. The lowest BCUT2D eigenvalue weighted by Gasteiger charge is -2.32. The predicted octanol–water partition coefficient (Wildman–Crippen LogP) is 4.27. The molecule has 1 fully saturated rings. The van der Waals surface area contributed by atoms with Crippen molar-refractivity contribution in [3.63, 3.8) is 0 Å². The monoisotopic (exact) mass is 378 g/mol. The number of nitrogens with zero attached hydrogens (tertiary/aromatic N) is 1. The van der Waals surface area contributed by atoms with Gasteiger partial charge in [0.2, 0.25) is 0 Å². The van der Waals surface area contributed by atoms with Gasteiger partial charge in [-0.15, -0.1) is 0 Å². The van der Waals surface area contributed by atoms with Crippen molar-refractivity contribution < 1.29 is 14.3 Å². The number of para-hydroxylation sites is 2. The maximum atomic E-state index is 12.7. The van der Waals surface area contributed by atoms with E-state index >= 15 is 0 Å². The van der Waals surface area contributed by atoms with Gasteiger partial charge < -0.3 is 19.4 Å². The van der Waals surface area contributed by atoms with Gasteiger partial charge in [-0.1, -0.05) is 23.8 Å². The molecule has 0 spiro atoms. The van der Waals surface area contributed by atoms with Gasteiger partial charge in [-0.3, -0.25) is 4.79 Å². The van der Waals surface area contributed by atoms with E-state index in [0.29, 0.717) is 17.4 Å². The fourth-order valence-corrected chi connectivity index (χ4v) is 3.92. The van der Waals surface area contributed by atoms with Crippen LogP contribution in [0.25, 0.3) is 10.9 Å². The summed E-state index contributed by atoms with van der Waals surface area (Å²) < 4.78 is 11.0. The second kappa shape index (κ2) is 7.97. The number of fused-ring (bicyclic) bond motifs is 1. The van der Waals surface area contributed by atoms with E-state index in [4.69, 9.17) is 9.47 Å². The number of aromatic amines is 1. The van der Waals surface area contributed by atoms with Gasteiger partial charge >= 0.3 is 0 Å². The van der Waals surface area contributed by atoms with E-state index in [0.717, 1.165) is 31.4 Å². The number of aryl methyl sites for hydroxylation is 1. The van der Waals surface area contributed by atoms with Crippen LogP contribution in [0.15, 0.2) is 48.5 Å². The summed E-state index contributed by atoms with van der Waals surface area (Å²) in [6.07, 6.45) is 2.09. The number of ether oxygens (including phenoxy) is 2. The number of nitrogens with one attached hydrogen (secondary N) is 1. The Balaban J connectivity index is 1.41. The van der Waals surface area contributed by atoms with Crippen molar-refractivity contribution in [2.45, 2.75) is 25.7 Å². The molecule has 1 atom stereocenters. The molecule has 1 amide bonds. The third-order valence-electron chi connectivity index (χ3n) is 5.43. The van der Waals surface area contributed by atoms with E-state index in [1.807, 2.05) is 29.2 Å². The summed E-state index contributed by atoms with van der Waals surface area (Å²) in [5, 5.41) is 1.23. The van der Waals surface area contributed by atoms with Crippen LogP contribution in [0.3, 0.4) is 0 Å². The summed E-state index contributed by atoms with van der Waals surface area (Å²) in [6, 6.07) is 16.1. The van der Waals surface area contributed by atoms with Gasteiger partial charge in [0, 0.05) is 30.2 Å². The Morgan fingerprint density at radius 1 is 1.18 bits per heavy atom. The van der Waals surface area contributed by atoms with Crippen LogP contribution in [0, 0.1) is 6.92 Å². The fraction of sp³-hybridized carbons (Fsp3) is 0.348. The average Bonchev–Trinajstić information content (AvgIpc) is 3.15. The molecular formula is C23H26N2O3. The van der Waals surface area contributed by atoms with Crippen molar-refractivity contribution in [1.82, 2.24) is 9.88 Å². The largest absolute Gasteiger partial charge is 0.493 e. The van der Waals surface area contributed by atoms with Crippen molar-refractivity contribution in [3.05, 3.63) is 59.8 Å². The summed E-state index contributed by atoms with van der Waals surface area (Å²) in [4.78, 5) is 18.2. The van der Waals surface area contributed by atoms with E-state index in [1.54, 1.807) is 7.11 Å². The third kappa shape index (κ3) is 3.84. The first kappa shape index (κ1) is 18.4. The van der Waals surface area contributed by atoms with Crippen LogP contribution in [-0.2, 0) is 4.79 Å².